The Morgan fingerprint density at radius 1 is 1.21 bits per heavy atom. The van der Waals surface area contributed by atoms with E-state index in [1.54, 1.807) is 36.7 Å². The normalized spacial score (nSPS) is 21.5. The predicted octanol–water partition coefficient (Wildman–Crippen LogP) is 2.78. The van der Waals surface area contributed by atoms with Gasteiger partial charge in [-0.3, -0.25) is 4.79 Å². The second-order valence-electron chi connectivity index (χ2n) is 7.44. The first kappa shape index (κ1) is 18.8. The number of rotatable bonds is 4. The Bertz CT molecular complexity index is 810. The molecule has 1 amide bonds. The average molecular weight is 385 g/mol. The van der Waals surface area contributed by atoms with Crippen molar-refractivity contribution in [1.82, 2.24) is 14.9 Å². The molecule has 148 valence electrons. The fourth-order valence-electron chi connectivity index (χ4n) is 4.01. The van der Waals surface area contributed by atoms with Crippen molar-refractivity contribution in [2.75, 3.05) is 19.7 Å². The quantitative estimate of drug-likeness (QED) is 0.810. The van der Waals surface area contributed by atoms with E-state index in [0.717, 1.165) is 25.7 Å². The van der Waals surface area contributed by atoms with Crippen LogP contribution in [0.1, 0.15) is 31.2 Å². The lowest BCUT2D eigenvalue weighted by Crippen LogP contribution is -2.52. The summed E-state index contributed by atoms with van der Waals surface area (Å²) < 4.78 is 25.9. The van der Waals surface area contributed by atoms with Gasteiger partial charge in [-0.1, -0.05) is 18.2 Å². The van der Waals surface area contributed by atoms with Gasteiger partial charge in [0, 0.05) is 38.3 Å². The zero-order valence-electron chi connectivity index (χ0n) is 15.7. The number of piperidine rings is 1. The minimum absolute atomic E-state index is 0.0109. The number of nitrogens with zero attached hydrogens (tertiary/aromatic N) is 3. The summed E-state index contributed by atoms with van der Waals surface area (Å²) in [6.45, 7) is 1.85. The first-order valence-electron chi connectivity index (χ1n) is 9.72. The van der Waals surface area contributed by atoms with Crippen LogP contribution in [0.15, 0.2) is 42.7 Å². The van der Waals surface area contributed by atoms with Crippen molar-refractivity contribution < 1.29 is 18.7 Å². The van der Waals surface area contributed by atoms with Gasteiger partial charge in [-0.25, -0.2) is 14.4 Å². The Morgan fingerprint density at radius 3 is 2.71 bits per heavy atom. The van der Waals surface area contributed by atoms with Gasteiger partial charge in [0.15, 0.2) is 0 Å². The maximum Gasteiger partial charge on any atom is 0.316 e. The van der Waals surface area contributed by atoms with Crippen LogP contribution in [0.25, 0.3) is 0 Å². The molecule has 1 unspecified atom stereocenters. The summed E-state index contributed by atoms with van der Waals surface area (Å²) in [7, 11) is 0. The molecule has 2 saturated heterocycles. The zero-order valence-corrected chi connectivity index (χ0v) is 15.7. The van der Waals surface area contributed by atoms with Crippen molar-refractivity contribution in [1.29, 1.82) is 0 Å². The Labute approximate surface area is 163 Å². The fraction of sp³-hybridized carbons (Fsp3) is 0.476. The molecular weight excluding hydrogens is 361 g/mol. The van der Waals surface area contributed by atoms with Crippen molar-refractivity contribution in [3.63, 3.8) is 0 Å². The Kier molecular flexibility index (Phi) is 5.52. The number of carbonyl (C=O) groups excluding carboxylic acids is 1. The molecule has 2 aliphatic rings. The highest BCUT2D eigenvalue weighted by Crippen LogP contribution is 2.36. The lowest BCUT2D eigenvalue weighted by Gasteiger charge is -2.45. The van der Waals surface area contributed by atoms with E-state index in [4.69, 9.17) is 9.47 Å². The van der Waals surface area contributed by atoms with Crippen LogP contribution in [0, 0.1) is 5.82 Å². The predicted molar refractivity (Wildman–Crippen MR) is 100 cm³/mol. The summed E-state index contributed by atoms with van der Waals surface area (Å²) in [6.07, 6.45) is 6.51. The van der Waals surface area contributed by atoms with Crippen LogP contribution < -0.4 is 4.74 Å². The molecule has 0 aliphatic carbocycles. The van der Waals surface area contributed by atoms with Gasteiger partial charge in [-0.05, 0) is 30.5 Å². The van der Waals surface area contributed by atoms with E-state index in [-0.39, 0.29) is 29.9 Å². The van der Waals surface area contributed by atoms with Gasteiger partial charge in [0.2, 0.25) is 5.91 Å². The van der Waals surface area contributed by atoms with E-state index in [2.05, 4.69) is 9.97 Å². The molecule has 0 saturated carbocycles. The first-order valence-corrected chi connectivity index (χ1v) is 9.72. The van der Waals surface area contributed by atoms with E-state index in [1.807, 2.05) is 4.90 Å². The number of amides is 1. The molecule has 1 aromatic heterocycles. The highest BCUT2D eigenvalue weighted by molar-refractivity contribution is 5.79. The molecule has 0 N–H and O–H groups in total. The minimum Gasteiger partial charge on any atom is -0.460 e. The number of aromatic nitrogens is 2. The average Bonchev–Trinajstić information content (AvgIpc) is 2.71. The molecule has 1 aromatic carbocycles. The van der Waals surface area contributed by atoms with E-state index in [0.29, 0.717) is 31.3 Å². The van der Waals surface area contributed by atoms with Crippen molar-refractivity contribution >= 4 is 5.91 Å². The lowest BCUT2D eigenvalue weighted by atomic mass is 9.83. The van der Waals surface area contributed by atoms with Gasteiger partial charge in [-0.2, -0.15) is 0 Å². The summed E-state index contributed by atoms with van der Waals surface area (Å²) in [6, 6.07) is 8.59. The molecule has 4 rings (SSSR count). The summed E-state index contributed by atoms with van der Waals surface area (Å²) >= 11 is 0. The number of hydrogen-bond acceptors (Lipinski definition) is 5. The van der Waals surface area contributed by atoms with Crippen molar-refractivity contribution in [3.05, 3.63) is 54.1 Å². The minimum atomic E-state index is -0.330. The molecule has 3 heterocycles. The molecule has 2 aromatic rings. The molecule has 0 radical (unpaired) electrons. The monoisotopic (exact) mass is 385 g/mol. The van der Waals surface area contributed by atoms with Gasteiger partial charge in [-0.15, -0.1) is 0 Å². The molecule has 1 atom stereocenters. The topological polar surface area (TPSA) is 64.6 Å². The van der Waals surface area contributed by atoms with Crippen LogP contribution in [0.3, 0.4) is 0 Å². The third-order valence-corrected chi connectivity index (χ3v) is 5.59. The summed E-state index contributed by atoms with van der Waals surface area (Å²) in [5.74, 6) is -0.371. The largest absolute Gasteiger partial charge is 0.460 e. The summed E-state index contributed by atoms with van der Waals surface area (Å²) in [5, 5.41) is 0. The van der Waals surface area contributed by atoms with Gasteiger partial charge in [0.25, 0.3) is 0 Å². The fourth-order valence-corrected chi connectivity index (χ4v) is 4.01. The molecule has 28 heavy (non-hydrogen) atoms. The van der Waals surface area contributed by atoms with E-state index >= 15 is 0 Å². The zero-order chi connectivity index (χ0) is 19.4. The first-order chi connectivity index (χ1) is 13.6. The van der Waals surface area contributed by atoms with Crippen LogP contribution in [0.2, 0.25) is 0 Å². The number of halogens is 1. The van der Waals surface area contributed by atoms with E-state index in [9.17, 15) is 9.18 Å². The van der Waals surface area contributed by atoms with Gasteiger partial charge in [0.05, 0.1) is 18.6 Å². The molecular formula is C21H24FN3O3. The van der Waals surface area contributed by atoms with Crippen LogP contribution in [0.5, 0.6) is 6.01 Å². The number of hydrogen-bond donors (Lipinski definition) is 0. The molecule has 1 spiro atoms. The summed E-state index contributed by atoms with van der Waals surface area (Å²) in [5.41, 5.74) is 0.171. The van der Waals surface area contributed by atoms with Gasteiger partial charge >= 0.3 is 6.01 Å². The Hall–Kier alpha value is -2.54. The van der Waals surface area contributed by atoms with E-state index < -0.39 is 0 Å². The van der Waals surface area contributed by atoms with Gasteiger partial charge < -0.3 is 14.4 Å². The third kappa shape index (κ3) is 4.30. The van der Waals surface area contributed by atoms with Crippen LogP contribution in [-0.4, -0.2) is 52.2 Å². The highest BCUT2D eigenvalue weighted by atomic mass is 19.1. The molecule has 7 heteroatoms. The molecule has 2 aliphatic heterocycles. The Morgan fingerprint density at radius 2 is 1.96 bits per heavy atom. The van der Waals surface area contributed by atoms with Crippen LogP contribution in [-0.2, 0) is 16.0 Å². The smallest absolute Gasteiger partial charge is 0.316 e. The number of carbonyl (C=O) groups is 1. The second kappa shape index (κ2) is 8.22. The van der Waals surface area contributed by atoms with Crippen LogP contribution >= 0.6 is 0 Å². The molecule has 6 nitrogen and oxygen atoms in total. The lowest BCUT2D eigenvalue weighted by molar-refractivity contribution is -0.151. The number of ether oxygens (including phenoxy) is 2. The van der Waals surface area contributed by atoms with Crippen molar-refractivity contribution in [2.45, 2.75) is 43.8 Å². The van der Waals surface area contributed by atoms with Crippen molar-refractivity contribution in [2.24, 2.45) is 0 Å². The Balaban J connectivity index is 1.32. The SMILES string of the molecule is O=C(Cc1ccccc1F)N1CCC2(CC1)CC(Oc1ncccn1)CCO2. The summed E-state index contributed by atoms with van der Waals surface area (Å²) in [4.78, 5) is 22.6. The molecule has 0 bridgehead atoms. The number of likely N-dealkylation sites (tertiary alicyclic amines) is 1. The number of benzene rings is 1. The van der Waals surface area contributed by atoms with E-state index in [1.165, 1.54) is 6.07 Å². The maximum atomic E-state index is 13.8. The third-order valence-electron chi connectivity index (χ3n) is 5.59. The standard InChI is InChI=1S/C21H24FN3O3/c22-18-5-2-1-4-16(18)14-19(26)25-11-7-21(8-12-25)15-17(6-13-27-21)28-20-23-9-3-10-24-20/h1-5,9-10,17H,6-8,11-15H2. The maximum absolute atomic E-state index is 13.8. The highest BCUT2D eigenvalue weighted by Gasteiger charge is 2.42. The second-order valence-corrected chi connectivity index (χ2v) is 7.44. The molecule has 2 fully saturated rings. The van der Waals surface area contributed by atoms with Crippen molar-refractivity contribution in [3.8, 4) is 6.01 Å². The van der Waals surface area contributed by atoms with Gasteiger partial charge in [0.1, 0.15) is 11.9 Å². The van der Waals surface area contributed by atoms with Crippen LogP contribution in [0.4, 0.5) is 4.39 Å².